The van der Waals surface area contributed by atoms with Crippen LogP contribution in [0.25, 0.3) is 0 Å². The molecule has 0 saturated heterocycles. The maximum Gasteiger partial charge on any atom is 0.127 e. The zero-order valence-electron chi connectivity index (χ0n) is 6.69. The number of rotatable bonds is 2. The molecule has 1 unspecified atom stereocenters. The van der Waals surface area contributed by atoms with Gasteiger partial charge in [-0.1, -0.05) is 6.92 Å². The summed E-state index contributed by atoms with van der Waals surface area (Å²) in [5.74, 6) is -0.0806. The highest BCUT2D eigenvalue weighted by Crippen LogP contribution is 2.21. The van der Waals surface area contributed by atoms with Crippen LogP contribution in [-0.4, -0.2) is 6.29 Å². The van der Waals surface area contributed by atoms with E-state index in [9.17, 15) is 4.79 Å². The summed E-state index contributed by atoms with van der Waals surface area (Å²) in [6.45, 7) is 1.85. The normalized spacial score (nSPS) is 12.6. The van der Waals surface area contributed by atoms with Crippen LogP contribution < -0.4 is 0 Å². The molecule has 0 N–H and O–H groups in total. The molecule has 1 aromatic carbocycles. The van der Waals surface area contributed by atoms with Gasteiger partial charge in [0.1, 0.15) is 6.29 Å². The van der Waals surface area contributed by atoms with Crippen molar-refractivity contribution in [1.82, 2.24) is 0 Å². The number of hydrogen-bond donors (Lipinski definition) is 2. The highest BCUT2D eigenvalue weighted by Gasteiger charge is 2.04. The van der Waals surface area contributed by atoms with Crippen molar-refractivity contribution in [2.75, 3.05) is 0 Å². The molecule has 0 spiro atoms. The first kappa shape index (κ1) is 9.68. The zero-order chi connectivity index (χ0) is 9.14. The molecular formula is C9H10OS2. The molecule has 1 rings (SSSR count). The van der Waals surface area contributed by atoms with Crippen LogP contribution in [0.5, 0.6) is 0 Å². The summed E-state index contributed by atoms with van der Waals surface area (Å²) >= 11 is 8.38. The van der Waals surface area contributed by atoms with Crippen LogP contribution in [0.15, 0.2) is 28.0 Å². The molecule has 0 saturated carbocycles. The van der Waals surface area contributed by atoms with Crippen molar-refractivity contribution < 1.29 is 4.79 Å². The predicted molar refractivity (Wildman–Crippen MR) is 55.4 cm³/mol. The lowest BCUT2D eigenvalue weighted by atomic mass is 10.0. The van der Waals surface area contributed by atoms with E-state index in [2.05, 4.69) is 25.3 Å². The highest BCUT2D eigenvalue weighted by atomic mass is 32.1. The van der Waals surface area contributed by atoms with E-state index in [4.69, 9.17) is 0 Å². The zero-order valence-corrected chi connectivity index (χ0v) is 8.48. The van der Waals surface area contributed by atoms with Gasteiger partial charge in [-0.15, -0.1) is 25.3 Å². The minimum atomic E-state index is -0.0806. The molecule has 12 heavy (non-hydrogen) atoms. The predicted octanol–water partition coefficient (Wildman–Crippen LogP) is 2.57. The minimum absolute atomic E-state index is 0.0806. The third-order valence-corrected chi connectivity index (χ3v) is 2.17. The van der Waals surface area contributed by atoms with Gasteiger partial charge in [0.2, 0.25) is 0 Å². The van der Waals surface area contributed by atoms with E-state index in [-0.39, 0.29) is 5.92 Å². The highest BCUT2D eigenvalue weighted by molar-refractivity contribution is 7.81. The Kier molecular flexibility index (Phi) is 3.23. The van der Waals surface area contributed by atoms with Gasteiger partial charge in [0.25, 0.3) is 0 Å². The Balaban J connectivity index is 3.08. The smallest absolute Gasteiger partial charge is 0.127 e. The summed E-state index contributed by atoms with van der Waals surface area (Å²) < 4.78 is 0. The topological polar surface area (TPSA) is 17.1 Å². The van der Waals surface area contributed by atoms with E-state index in [0.29, 0.717) is 0 Å². The molecule has 1 aromatic rings. The number of carbonyl (C=O) groups excluding carboxylic acids is 1. The van der Waals surface area contributed by atoms with Gasteiger partial charge in [-0.05, 0) is 23.8 Å². The molecule has 0 amide bonds. The van der Waals surface area contributed by atoms with E-state index in [0.717, 1.165) is 21.6 Å². The van der Waals surface area contributed by atoms with E-state index in [1.54, 1.807) is 0 Å². The summed E-state index contributed by atoms with van der Waals surface area (Å²) in [6.07, 6.45) is 0.912. The van der Waals surface area contributed by atoms with Crippen LogP contribution in [0.2, 0.25) is 0 Å². The van der Waals surface area contributed by atoms with Crippen molar-refractivity contribution in [1.29, 1.82) is 0 Å². The third-order valence-electron chi connectivity index (χ3n) is 1.65. The van der Waals surface area contributed by atoms with Crippen LogP contribution in [-0.2, 0) is 4.79 Å². The number of benzene rings is 1. The number of hydrogen-bond acceptors (Lipinski definition) is 3. The Bertz CT molecular complexity index is 276. The summed E-state index contributed by atoms with van der Waals surface area (Å²) in [6, 6.07) is 5.59. The summed E-state index contributed by atoms with van der Waals surface area (Å²) in [7, 11) is 0. The van der Waals surface area contributed by atoms with Crippen LogP contribution in [0, 0.1) is 0 Å². The number of carbonyl (C=O) groups is 1. The van der Waals surface area contributed by atoms with E-state index in [1.165, 1.54) is 0 Å². The molecule has 0 bridgehead atoms. The van der Waals surface area contributed by atoms with Gasteiger partial charge in [-0.3, -0.25) is 0 Å². The molecular weight excluding hydrogens is 188 g/mol. The van der Waals surface area contributed by atoms with Crippen molar-refractivity contribution in [3.05, 3.63) is 23.8 Å². The minimum Gasteiger partial charge on any atom is -0.303 e. The Morgan fingerprint density at radius 2 is 1.75 bits per heavy atom. The van der Waals surface area contributed by atoms with Crippen molar-refractivity contribution in [2.24, 2.45) is 0 Å². The summed E-state index contributed by atoms with van der Waals surface area (Å²) in [4.78, 5) is 12.2. The fourth-order valence-corrected chi connectivity index (χ4v) is 1.64. The second kappa shape index (κ2) is 4.01. The Morgan fingerprint density at radius 1 is 1.25 bits per heavy atom. The van der Waals surface area contributed by atoms with Crippen molar-refractivity contribution in [3.63, 3.8) is 0 Å². The molecule has 1 nitrogen and oxygen atoms in total. The SMILES string of the molecule is CC(C=O)c1cc(S)cc(S)c1. The lowest BCUT2D eigenvalue weighted by Crippen LogP contribution is -1.94. The second-order valence-electron chi connectivity index (χ2n) is 2.71. The molecule has 1 atom stereocenters. The van der Waals surface area contributed by atoms with Gasteiger partial charge in [0.15, 0.2) is 0 Å². The van der Waals surface area contributed by atoms with Gasteiger partial charge in [0, 0.05) is 15.7 Å². The van der Waals surface area contributed by atoms with Crippen LogP contribution in [0.1, 0.15) is 18.4 Å². The first-order chi connectivity index (χ1) is 5.63. The lowest BCUT2D eigenvalue weighted by Gasteiger charge is -2.05. The van der Waals surface area contributed by atoms with Crippen LogP contribution in [0.4, 0.5) is 0 Å². The van der Waals surface area contributed by atoms with E-state index >= 15 is 0 Å². The van der Waals surface area contributed by atoms with Crippen LogP contribution in [0.3, 0.4) is 0 Å². The van der Waals surface area contributed by atoms with E-state index < -0.39 is 0 Å². The molecule has 0 aromatic heterocycles. The fourth-order valence-electron chi connectivity index (χ4n) is 0.959. The van der Waals surface area contributed by atoms with Gasteiger partial charge in [-0.25, -0.2) is 0 Å². The van der Waals surface area contributed by atoms with Crippen molar-refractivity contribution >= 4 is 31.5 Å². The average Bonchev–Trinajstić information content (AvgIpc) is 2.01. The quantitative estimate of drug-likeness (QED) is 0.552. The van der Waals surface area contributed by atoms with Gasteiger partial charge < -0.3 is 4.79 Å². The average molecular weight is 198 g/mol. The number of aldehydes is 1. The maximum absolute atomic E-state index is 10.5. The Morgan fingerprint density at radius 3 is 2.17 bits per heavy atom. The standard InChI is InChI=1S/C9H10OS2/c1-6(5-10)7-2-8(11)4-9(12)3-7/h2-6,11-12H,1H3. The lowest BCUT2D eigenvalue weighted by molar-refractivity contribution is -0.108. The molecule has 64 valence electrons. The van der Waals surface area contributed by atoms with Gasteiger partial charge >= 0.3 is 0 Å². The molecule has 0 radical (unpaired) electrons. The molecule has 0 aliphatic carbocycles. The molecule has 0 aliphatic heterocycles. The van der Waals surface area contributed by atoms with Crippen LogP contribution >= 0.6 is 25.3 Å². The van der Waals surface area contributed by atoms with Crippen molar-refractivity contribution in [3.8, 4) is 0 Å². The number of thiol groups is 2. The fraction of sp³-hybridized carbons (Fsp3) is 0.222. The molecule has 3 heteroatoms. The Labute approximate surface area is 83.0 Å². The van der Waals surface area contributed by atoms with Gasteiger partial charge in [0.05, 0.1) is 0 Å². The largest absolute Gasteiger partial charge is 0.303 e. The third kappa shape index (κ3) is 2.29. The van der Waals surface area contributed by atoms with E-state index in [1.807, 2.05) is 25.1 Å². The monoisotopic (exact) mass is 198 g/mol. The summed E-state index contributed by atoms with van der Waals surface area (Å²) in [5.41, 5.74) is 0.961. The first-order valence-corrected chi connectivity index (χ1v) is 4.51. The first-order valence-electron chi connectivity index (χ1n) is 3.61. The molecule has 0 aliphatic rings. The second-order valence-corrected chi connectivity index (χ2v) is 3.74. The molecule has 0 fully saturated rings. The summed E-state index contributed by atoms with van der Waals surface area (Å²) in [5, 5.41) is 0. The Hall–Kier alpha value is -0.410. The maximum atomic E-state index is 10.5. The van der Waals surface area contributed by atoms with Crippen molar-refractivity contribution in [2.45, 2.75) is 22.6 Å². The molecule has 0 heterocycles. The van der Waals surface area contributed by atoms with Gasteiger partial charge in [-0.2, -0.15) is 0 Å².